The quantitative estimate of drug-likeness (QED) is 0.736. The van der Waals surface area contributed by atoms with E-state index in [0.717, 1.165) is 32.0 Å². The molecule has 0 aliphatic carbocycles. The Kier molecular flexibility index (Phi) is 3.61. The SMILES string of the molecule is CCN1CCN(c2cc(Cl)ncn2)C[C@@H]1C. The average molecular weight is 241 g/mol. The number of hydrogen-bond donors (Lipinski definition) is 0. The molecule has 5 heteroatoms. The fourth-order valence-electron chi connectivity index (χ4n) is 2.17. The standard InChI is InChI=1S/C11H17ClN4/c1-3-15-4-5-16(7-9(15)2)11-6-10(12)13-8-14-11/h6,8-9H,3-5,7H2,1-2H3/t9-/m0/s1. The highest BCUT2D eigenvalue weighted by molar-refractivity contribution is 6.29. The van der Waals surface area contributed by atoms with Gasteiger partial charge in [0.15, 0.2) is 0 Å². The zero-order valence-corrected chi connectivity index (χ0v) is 10.5. The molecule has 0 aromatic carbocycles. The molecule has 1 aromatic rings. The van der Waals surface area contributed by atoms with Crippen molar-refractivity contribution < 1.29 is 0 Å². The van der Waals surface area contributed by atoms with Crippen molar-refractivity contribution in [1.29, 1.82) is 0 Å². The summed E-state index contributed by atoms with van der Waals surface area (Å²) in [5.41, 5.74) is 0. The summed E-state index contributed by atoms with van der Waals surface area (Å²) >= 11 is 5.87. The molecule has 1 aliphatic rings. The summed E-state index contributed by atoms with van der Waals surface area (Å²) in [5, 5.41) is 0.510. The number of rotatable bonds is 2. The number of halogens is 1. The Morgan fingerprint density at radius 2 is 2.25 bits per heavy atom. The molecule has 88 valence electrons. The van der Waals surface area contributed by atoms with Gasteiger partial charge in [-0.3, -0.25) is 4.90 Å². The summed E-state index contributed by atoms with van der Waals surface area (Å²) in [6.45, 7) is 8.65. The molecule has 1 aromatic heterocycles. The molecule has 2 heterocycles. The lowest BCUT2D eigenvalue weighted by molar-refractivity contribution is 0.199. The van der Waals surface area contributed by atoms with Gasteiger partial charge in [-0.15, -0.1) is 0 Å². The van der Waals surface area contributed by atoms with Crippen LogP contribution in [0.2, 0.25) is 5.15 Å². The van der Waals surface area contributed by atoms with Crippen LogP contribution >= 0.6 is 11.6 Å². The number of likely N-dealkylation sites (N-methyl/N-ethyl adjacent to an activating group) is 1. The molecule has 4 nitrogen and oxygen atoms in total. The van der Waals surface area contributed by atoms with E-state index in [9.17, 15) is 0 Å². The summed E-state index contributed by atoms with van der Waals surface area (Å²) in [7, 11) is 0. The molecule has 0 radical (unpaired) electrons. The zero-order valence-electron chi connectivity index (χ0n) is 9.73. The van der Waals surface area contributed by atoms with Crippen LogP contribution in [0.1, 0.15) is 13.8 Å². The molecule has 0 saturated carbocycles. The van der Waals surface area contributed by atoms with Crippen LogP contribution in [0.5, 0.6) is 0 Å². The number of nitrogens with zero attached hydrogens (tertiary/aromatic N) is 4. The van der Waals surface area contributed by atoms with Gasteiger partial charge in [-0.05, 0) is 13.5 Å². The maximum absolute atomic E-state index is 5.87. The highest BCUT2D eigenvalue weighted by Crippen LogP contribution is 2.18. The summed E-state index contributed by atoms with van der Waals surface area (Å²) in [6, 6.07) is 2.39. The molecular weight excluding hydrogens is 224 g/mol. The number of piperazine rings is 1. The first-order valence-corrected chi connectivity index (χ1v) is 6.05. The van der Waals surface area contributed by atoms with Crippen LogP contribution in [-0.4, -0.2) is 47.1 Å². The predicted octanol–water partition coefficient (Wildman–Crippen LogP) is 1.66. The first-order valence-electron chi connectivity index (χ1n) is 5.67. The Balaban J connectivity index is 2.07. The Labute approximate surface area is 101 Å². The molecule has 16 heavy (non-hydrogen) atoms. The Morgan fingerprint density at radius 1 is 1.44 bits per heavy atom. The van der Waals surface area contributed by atoms with Crippen LogP contribution in [0.25, 0.3) is 0 Å². The van der Waals surface area contributed by atoms with E-state index in [2.05, 4.69) is 33.6 Å². The smallest absolute Gasteiger partial charge is 0.134 e. The minimum absolute atomic E-state index is 0.510. The number of anilines is 1. The highest BCUT2D eigenvalue weighted by atomic mass is 35.5. The average Bonchev–Trinajstić information content (AvgIpc) is 2.29. The predicted molar refractivity (Wildman–Crippen MR) is 66.0 cm³/mol. The molecule has 0 amide bonds. The first kappa shape index (κ1) is 11.6. The van der Waals surface area contributed by atoms with Gasteiger partial charge in [-0.2, -0.15) is 0 Å². The van der Waals surface area contributed by atoms with Crippen molar-refractivity contribution in [2.75, 3.05) is 31.1 Å². The van der Waals surface area contributed by atoms with Gasteiger partial charge in [-0.1, -0.05) is 18.5 Å². The topological polar surface area (TPSA) is 32.3 Å². The van der Waals surface area contributed by atoms with Crippen LogP contribution in [0.3, 0.4) is 0 Å². The van der Waals surface area contributed by atoms with Gasteiger partial charge >= 0.3 is 0 Å². The monoisotopic (exact) mass is 240 g/mol. The second-order valence-electron chi connectivity index (χ2n) is 4.12. The number of hydrogen-bond acceptors (Lipinski definition) is 4. The minimum Gasteiger partial charge on any atom is -0.354 e. The van der Waals surface area contributed by atoms with E-state index in [1.807, 2.05) is 6.07 Å². The molecule has 1 fully saturated rings. The van der Waals surface area contributed by atoms with E-state index < -0.39 is 0 Å². The van der Waals surface area contributed by atoms with E-state index in [0.29, 0.717) is 11.2 Å². The molecular formula is C11H17ClN4. The van der Waals surface area contributed by atoms with Gasteiger partial charge in [0, 0.05) is 31.7 Å². The summed E-state index contributed by atoms with van der Waals surface area (Å²) in [4.78, 5) is 12.9. The molecule has 0 spiro atoms. The fourth-order valence-corrected chi connectivity index (χ4v) is 2.31. The molecule has 0 bridgehead atoms. The largest absolute Gasteiger partial charge is 0.354 e. The lowest BCUT2D eigenvalue weighted by Gasteiger charge is -2.39. The van der Waals surface area contributed by atoms with Crippen molar-refractivity contribution in [3.8, 4) is 0 Å². The van der Waals surface area contributed by atoms with Gasteiger partial charge in [-0.25, -0.2) is 9.97 Å². The second-order valence-corrected chi connectivity index (χ2v) is 4.51. The van der Waals surface area contributed by atoms with Crippen molar-refractivity contribution in [1.82, 2.24) is 14.9 Å². The Morgan fingerprint density at radius 3 is 2.88 bits per heavy atom. The van der Waals surface area contributed by atoms with Crippen LogP contribution in [0, 0.1) is 0 Å². The molecule has 1 aliphatic heterocycles. The van der Waals surface area contributed by atoms with E-state index in [1.165, 1.54) is 6.33 Å². The van der Waals surface area contributed by atoms with Crippen molar-refractivity contribution in [3.05, 3.63) is 17.5 Å². The highest BCUT2D eigenvalue weighted by Gasteiger charge is 2.23. The van der Waals surface area contributed by atoms with Crippen LogP contribution in [0.15, 0.2) is 12.4 Å². The van der Waals surface area contributed by atoms with Crippen LogP contribution in [-0.2, 0) is 0 Å². The van der Waals surface area contributed by atoms with Crippen molar-refractivity contribution >= 4 is 17.4 Å². The van der Waals surface area contributed by atoms with E-state index in [-0.39, 0.29) is 0 Å². The van der Waals surface area contributed by atoms with Gasteiger partial charge in [0.2, 0.25) is 0 Å². The second kappa shape index (κ2) is 4.97. The van der Waals surface area contributed by atoms with E-state index in [4.69, 9.17) is 11.6 Å². The molecule has 1 atom stereocenters. The van der Waals surface area contributed by atoms with Crippen molar-refractivity contribution in [2.45, 2.75) is 19.9 Å². The first-order chi connectivity index (χ1) is 7.70. The fraction of sp³-hybridized carbons (Fsp3) is 0.636. The van der Waals surface area contributed by atoms with E-state index >= 15 is 0 Å². The summed E-state index contributed by atoms with van der Waals surface area (Å²) in [6.07, 6.45) is 1.52. The third-order valence-electron chi connectivity index (χ3n) is 3.11. The van der Waals surface area contributed by atoms with Crippen molar-refractivity contribution in [3.63, 3.8) is 0 Å². The van der Waals surface area contributed by atoms with Crippen LogP contribution in [0.4, 0.5) is 5.82 Å². The maximum atomic E-state index is 5.87. The van der Waals surface area contributed by atoms with Gasteiger partial charge in [0.25, 0.3) is 0 Å². The molecule has 2 rings (SSSR count). The number of aromatic nitrogens is 2. The van der Waals surface area contributed by atoms with Crippen molar-refractivity contribution in [2.24, 2.45) is 0 Å². The minimum atomic E-state index is 0.510. The summed E-state index contributed by atoms with van der Waals surface area (Å²) < 4.78 is 0. The Bertz CT molecular complexity index is 358. The zero-order chi connectivity index (χ0) is 11.5. The molecule has 0 unspecified atom stereocenters. The normalized spacial score (nSPS) is 22.4. The van der Waals surface area contributed by atoms with E-state index in [1.54, 1.807) is 0 Å². The lowest BCUT2D eigenvalue weighted by atomic mass is 10.2. The van der Waals surface area contributed by atoms with Gasteiger partial charge < -0.3 is 4.90 Å². The Hall–Kier alpha value is -0.870. The van der Waals surface area contributed by atoms with Crippen LogP contribution < -0.4 is 4.90 Å². The lowest BCUT2D eigenvalue weighted by Crippen LogP contribution is -2.52. The maximum Gasteiger partial charge on any atom is 0.134 e. The van der Waals surface area contributed by atoms with Gasteiger partial charge in [0.05, 0.1) is 0 Å². The van der Waals surface area contributed by atoms with Gasteiger partial charge in [0.1, 0.15) is 17.3 Å². The third-order valence-corrected chi connectivity index (χ3v) is 3.32. The molecule has 1 saturated heterocycles. The third kappa shape index (κ3) is 2.44. The summed E-state index contributed by atoms with van der Waals surface area (Å²) in [5.74, 6) is 0.933. The molecule has 0 N–H and O–H groups in total.